The Morgan fingerprint density at radius 2 is 1.63 bits per heavy atom. The number of carbonyl (C=O) groups is 2. The van der Waals surface area contributed by atoms with Gasteiger partial charge in [0.2, 0.25) is 0 Å². The van der Waals surface area contributed by atoms with Gasteiger partial charge in [-0.2, -0.15) is 0 Å². The Bertz CT molecular complexity index is 1120. The highest BCUT2D eigenvalue weighted by molar-refractivity contribution is 7.10. The number of rotatable bonds is 11. The number of aliphatic hydroxyl groups is 1. The Balaban J connectivity index is 1.72. The molecule has 35 heavy (non-hydrogen) atoms. The molecule has 2 aromatic carbocycles. The van der Waals surface area contributed by atoms with Crippen molar-refractivity contribution in [1.29, 1.82) is 0 Å². The molecule has 0 spiro atoms. The average Bonchev–Trinajstić information content (AvgIpc) is 3.38. The van der Waals surface area contributed by atoms with Gasteiger partial charge in [0.1, 0.15) is 23.3 Å². The number of benzene rings is 2. The SMILES string of the molecule is CC(C)Oc1ccc(/C=C(\NC(=O)c2ccc(OC(C)c3cccs3)cc2)C(=O)NCCO)cc1. The highest BCUT2D eigenvalue weighted by Gasteiger charge is 2.15. The summed E-state index contributed by atoms with van der Waals surface area (Å²) in [5.74, 6) is 0.415. The van der Waals surface area contributed by atoms with Crippen molar-refractivity contribution in [3.8, 4) is 11.5 Å². The summed E-state index contributed by atoms with van der Waals surface area (Å²) in [4.78, 5) is 26.6. The molecule has 7 nitrogen and oxygen atoms in total. The molecule has 3 aromatic rings. The molecule has 3 N–H and O–H groups in total. The Labute approximate surface area is 209 Å². The van der Waals surface area contributed by atoms with Crippen LogP contribution in [0.1, 0.15) is 47.7 Å². The van der Waals surface area contributed by atoms with E-state index >= 15 is 0 Å². The number of hydrogen-bond acceptors (Lipinski definition) is 6. The zero-order valence-corrected chi connectivity index (χ0v) is 20.8. The molecule has 0 fully saturated rings. The van der Waals surface area contributed by atoms with E-state index < -0.39 is 11.8 Å². The van der Waals surface area contributed by atoms with Crippen LogP contribution in [0, 0.1) is 0 Å². The molecule has 0 aliphatic rings. The van der Waals surface area contributed by atoms with Crippen molar-refractivity contribution in [1.82, 2.24) is 10.6 Å². The Morgan fingerprint density at radius 3 is 2.23 bits per heavy atom. The van der Waals surface area contributed by atoms with Gasteiger partial charge in [-0.1, -0.05) is 18.2 Å². The molecule has 0 radical (unpaired) electrons. The van der Waals surface area contributed by atoms with Crippen LogP contribution in [0.15, 0.2) is 71.7 Å². The minimum absolute atomic E-state index is 0.0474. The van der Waals surface area contributed by atoms with Gasteiger partial charge in [0, 0.05) is 17.0 Å². The number of ether oxygens (including phenoxy) is 2. The number of thiophene rings is 1. The molecule has 0 aliphatic carbocycles. The lowest BCUT2D eigenvalue weighted by molar-refractivity contribution is -0.117. The topological polar surface area (TPSA) is 96.9 Å². The van der Waals surface area contributed by atoms with E-state index in [-0.39, 0.29) is 31.1 Å². The van der Waals surface area contributed by atoms with Gasteiger partial charge in [0.15, 0.2) is 0 Å². The van der Waals surface area contributed by atoms with Crippen LogP contribution in [0.3, 0.4) is 0 Å². The van der Waals surface area contributed by atoms with Crippen molar-refractivity contribution in [3.05, 3.63) is 87.7 Å². The van der Waals surface area contributed by atoms with Gasteiger partial charge in [-0.05, 0) is 80.3 Å². The Hall–Kier alpha value is -3.62. The normalized spacial score (nSPS) is 12.2. The maximum absolute atomic E-state index is 12.9. The lowest BCUT2D eigenvalue weighted by Crippen LogP contribution is -2.36. The first-order valence-corrected chi connectivity index (χ1v) is 12.2. The van der Waals surface area contributed by atoms with E-state index in [1.54, 1.807) is 65.9 Å². The summed E-state index contributed by atoms with van der Waals surface area (Å²) in [5.41, 5.74) is 1.15. The van der Waals surface area contributed by atoms with E-state index in [2.05, 4.69) is 10.6 Å². The smallest absolute Gasteiger partial charge is 0.267 e. The van der Waals surface area contributed by atoms with Crippen molar-refractivity contribution in [2.45, 2.75) is 33.0 Å². The summed E-state index contributed by atoms with van der Waals surface area (Å²) in [6, 6.07) is 17.9. The van der Waals surface area contributed by atoms with Gasteiger partial charge in [-0.15, -0.1) is 11.3 Å². The predicted octanol–water partition coefficient (Wildman–Crippen LogP) is 4.55. The van der Waals surface area contributed by atoms with Crippen LogP contribution in [-0.2, 0) is 4.79 Å². The molecule has 1 aromatic heterocycles. The number of nitrogens with one attached hydrogen (secondary N) is 2. The average molecular weight is 495 g/mol. The summed E-state index contributed by atoms with van der Waals surface area (Å²) in [6.45, 7) is 5.71. The molecule has 0 aliphatic heterocycles. The van der Waals surface area contributed by atoms with Crippen molar-refractivity contribution < 1.29 is 24.2 Å². The Morgan fingerprint density at radius 1 is 0.971 bits per heavy atom. The van der Waals surface area contributed by atoms with E-state index in [9.17, 15) is 9.59 Å². The molecule has 0 saturated heterocycles. The van der Waals surface area contributed by atoms with Crippen molar-refractivity contribution in [2.75, 3.05) is 13.2 Å². The fraction of sp³-hybridized carbons (Fsp3) is 0.259. The molecule has 0 bridgehead atoms. The van der Waals surface area contributed by atoms with E-state index in [1.165, 1.54) is 0 Å². The first-order chi connectivity index (χ1) is 16.9. The van der Waals surface area contributed by atoms with Gasteiger partial charge < -0.3 is 25.2 Å². The molecule has 1 atom stereocenters. The highest BCUT2D eigenvalue weighted by atomic mass is 32.1. The van der Waals surface area contributed by atoms with E-state index in [0.29, 0.717) is 22.6 Å². The lowest BCUT2D eigenvalue weighted by atomic mass is 10.1. The van der Waals surface area contributed by atoms with Crippen LogP contribution in [-0.4, -0.2) is 36.2 Å². The maximum atomic E-state index is 12.9. The van der Waals surface area contributed by atoms with Crippen LogP contribution in [0.25, 0.3) is 6.08 Å². The first kappa shape index (κ1) is 26.0. The second-order valence-electron chi connectivity index (χ2n) is 8.03. The maximum Gasteiger partial charge on any atom is 0.267 e. The van der Waals surface area contributed by atoms with Crippen LogP contribution in [0.4, 0.5) is 0 Å². The second kappa shape index (κ2) is 12.7. The molecule has 3 rings (SSSR count). The number of amides is 2. The second-order valence-corrected chi connectivity index (χ2v) is 9.01. The lowest BCUT2D eigenvalue weighted by Gasteiger charge is -2.14. The summed E-state index contributed by atoms with van der Waals surface area (Å²) in [6.07, 6.45) is 1.52. The molecule has 184 valence electrons. The largest absolute Gasteiger partial charge is 0.491 e. The minimum atomic E-state index is -0.500. The van der Waals surface area contributed by atoms with Crippen molar-refractivity contribution in [3.63, 3.8) is 0 Å². The quantitative estimate of drug-likeness (QED) is 0.340. The van der Waals surface area contributed by atoms with Crippen LogP contribution < -0.4 is 20.1 Å². The number of carbonyl (C=O) groups excluding carboxylic acids is 2. The minimum Gasteiger partial charge on any atom is -0.491 e. The standard InChI is InChI=1S/C27H30N2O5S/c1-18(2)33-22-10-6-20(7-11-22)17-24(27(32)28-14-15-30)29-26(31)21-8-12-23(13-9-21)34-19(3)25-5-4-16-35-25/h4-13,16-19,30H,14-15H2,1-3H3,(H,28,32)(H,29,31)/b24-17-. The molecule has 8 heteroatoms. The van der Waals surface area contributed by atoms with Crippen LogP contribution >= 0.6 is 11.3 Å². The molecule has 0 saturated carbocycles. The van der Waals surface area contributed by atoms with E-state index in [0.717, 1.165) is 4.88 Å². The third-order valence-corrected chi connectivity index (χ3v) is 5.86. The van der Waals surface area contributed by atoms with E-state index in [1.807, 2.05) is 38.3 Å². The van der Waals surface area contributed by atoms with Gasteiger partial charge in [-0.25, -0.2) is 0 Å². The zero-order valence-electron chi connectivity index (χ0n) is 20.0. The third-order valence-electron chi connectivity index (χ3n) is 4.83. The number of aliphatic hydroxyl groups excluding tert-OH is 1. The molecule has 2 amide bonds. The van der Waals surface area contributed by atoms with E-state index in [4.69, 9.17) is 14.6 Å². The third kappa shape index (κ3) is 7.98. The molecular formula is C27H30N2O5S. The van der Waals surface area contributed by atoms with Crippen molar-refractivity contribution >= 4 is 29.2 Å². The molecule has 1 unspecified atom stereocenters. The first-order valence-electron chi connectivity index (χ1n) is 11.3. The number of hydrogen-bond donors (Lipinski definition) is 3. The summed E-state index contributed by atoms with van der Waals surface area (Å²) < 4.78 is 11.6. The molecular weight excluding hydrogens is 464 g/mol. The highest BCUT2D eigenvalue weighted by Crippen LogP contribution is 2.25. The van der Waals surface area contributed by atoms with Gasteiger partial charge >= 0.3 is 0 Å². The monoisotopic (exact) mass is 494 g/mol. The predicted molar refractivity (Wildman–Crippen MR) is 138 cm³/mol. The van der Waals surface area contributed by atoms with Crippen molar-refractivity contribution in [2.24, 2.45) is 0 Å². The van der Waals surface area contributed by atoms with Gasteiger partial charge in [0.05, 0.1) is 12.7 Å². The van der Waals surface area contributed by atoms with Gasteiger partial charge in [0.25, 0.3) is 11.8 Å². The van der Waals surface area contributed by atoms with Crippen LogP contribution in [0.2, 0.25) is 0 Å². The summed E-state index contributed by atoms with van der Waals surface area (Å²) >= 11 is 1.62. The summed E-state index contributed by atoms with van der Waals surface area (Å²) in [7, 11) is 0. The fourth-order valence-corrected chi connectivity index (χ4v) is 3.88. The Kier molecular flexibility index (Phi) is 9.46. The fourth-order valence-electron chi connectivity index (χ4n) is 3.17. The molecule has 1 heterocycles. The zero-order chi connectivity index (χ0) is 25.2. The van der Waals surface area contributed by atoms with Gasteiger partial charge in [-0.3, -0.25) is 9.59 Å². The summed E-state index contributed by atoms with van der Waals surface area (Å²) in [5, 5.41) is 16.3. The van der Waals surface area contributed by atoms with Crippen LogP contribution in [0.5, 0.6) is 11.5 Å².